The molecule has 0 saturated heterocycles. The van der Waals surface area contributed by atoms with Crippen LogP contribution >= 0.6 is 0 Å². The number of oxazole rings is 1. The minimum atomic E-state index is -0.0393. The molecule has 0 amide bonds. The second-order valence-electron chi connectivity index (χ2n) is 3.04. The van der Waals surface area contributed by atoms with Gasteiger partial charge >= 0.3 is 0 Å². The van der Waals surface area contributed by atoms with Crippen LogP contribution < -0.4 is 0 Å². The Kier molecular flexibility index (Phi) is 2.32. The lowest BCUT2D eigenvalue weighted by Crippen LogP contribution is -1.94. The van der Waals surface area contributed by atoms with Crippen LogP contribution in [0.3, 0.4) is 0 Å². The van der Waals surface area contributed by atoms with Crippen molar-refractivity contribution in [3.8, 4) is 0 Å². The van der Waals surface area contributed by atoms with E-state index in [-0.39, 0.29) is 6.61 Å². The third kappa shape index (κ3) is 1.82. The van der Waals surface area contributed by atoms with Crippen LogP contribution in [0.2, 0.25) is 0 Å². The Morgan fingerprint density at radius 3 is 2.93 bits per heavy atom. The summed E-state index contributed by atoms with van der Waals surface area (Å²) < 4.78 is 7.15. The molecular weight excluding hydrogens is 182 g/mol. The molecular formula is C9H11N3O2. The van der Waals surface area contributed by atoms with E-state index in [9.17, 15) is 0 Å². The van der Waals surface area contributed by atoms with Crippen molar-refractivity contribution in [2.75, 3.05) is 0 Å². The number of aryl methyl sites for hydroxylation is 1. The molecule has 1 N–H and O–H groups in total. The molecule has 0 unspecified atom stereocenters. The Labute approximate surface area is 81.0 Å². The number of hydrogen-bond donors (Lipinski definition) is 1. The highest BCUT2D eigenvalue weighted by molar-refractivity contribution is 4.99. The molecule has 2 aromatic rings. The fourth-order valence-electron chi connectivity index (χ4n) is 1.23. The maximum atomic E-state index is 8.81. The Morgan fingerprint density at radius 2 is 2.36 bits per heavy atom. The standard InChI is InChI=1S/C9H11N3O2/c1-7-10-2-9(14-7)4-12-3-8(5-13)11-6-12/h2-3,6,13H,4-5H2,1H3. The van der Waals surface area contributed by atoms with Crippen molar-refractivity contribution >= 4 is 0 Å². The Balaban J connectivity index is 2.10. The molecule has 0 aliphatic carbocycles. The molecule has 0 saturated carbocycles. The first-order valence-corrected chi connectivity index (χ1v) is 4.31. The molecule has 2 aromatic heterocycles. The highest BCUT2D eigenvalue weighted by Crippen LogP contribution is 2.05. The van der Waals surface area contributed by atoms with Gasteiger partial charge in [0.05, 0.1) is 31.4 Å². The Morgan fingerprint density at radius 1 is 1.50 bits per heavy atom. The number of aliphatic hydroxyl groups excluding tert-OH is 1. The van der Waals surface area contributed by atoms with Gasteiger partial charge in [0.25, 0.3) is 0 Å². The van der Waals surface area contributed by atoms with Gasteiger partial charge in [-0.3, -0.25) is 0 Å². The SMILES string of the molecule is Cc1ncc(Cn2cnc(CO)c2)o1. The Hall–Kier alpha value is -1.62. The molecule has 14 heavy (non-hydrogen) atoms. The van der Waals surface area contributed by atoms with E-state index in [1.807, 2.05) is 4.57 Å². The van der Waals surface area contributed by atoms with Crippen LogP contribution in [0, 0.1) is 6.92 Å². The van der Waals surface area contributed by atoms with Gasteiger partial charge < -0.3 is 14.1 Å². The molecule has 0 aliphatic heterocycles. The fourth-order valence-corrected chi connectivity index (χ4v) is 1.23. The summed E-state index contributed by atoms with van der Waals surface area (Å²) >= 11 is 0. The second-order valence-corrected chi connectivity index (χ2v) is 3.04. The number of aliphatic hydroxyl groups is 1. The summed E-state index contributed by atoms with van der Waals surface area (Å²) in [5, 5.41) is 8.81. The van der Waals surface area contributed by atoms with Gasteiger partial charge in [0.2, 0.25) is 0 Å². The van der Waals surface area contributed by atoms with Gasteiger partial charge in [0, 0.05) is 13.1 Å². The lowest BCUT2D eigenvalue weighted by atomic mass is 10.5. The van der Waals surface area contributed by atoms with Crippen LogP contribution in [-0.2, 0) is 13.2 Å². The molecule has 0 radical (unpaired) electrons. The maximum Gasteiger partial charge on any atom is 0.191 e. The predicted octanol–water partition coefficient (Wildman–Crippen LogP) is 0.720. The number of imidazole rings is 1. The van der Waals surface area contributed by atoms with Gasteiger partial charge in [-0.1, -0.05) is 0 Å². The van der Waals surface area contributed by atoms with Crippen LogP contribution in [0.5, 0.6) is 0 Å². The summed E-state index contributed by atoms with van der Waals surface area (Å²) in [5.74, 6) is 1.44. The van der Waals surface area contributed by atoms with Gasteiger partial charge in [0.15, 0.2) is 5.89 Å². The van der Waals surface area contributed by atoms with E-state index in [0.717, 1.165) is 5.76 Å². The van der Waals surface area contributed by atoms with Crippen molar-refractivity contribution in [3.63, 3.8) is 0 Å². The van der Waals surface area contributed by atoms with Gasteiger partial charge in [-0.15, -0.1) is 0 Å². The molecule has 0 fully saturated rings. The number of nitrogens with zero attached hydrogens (tertiary/aromatic N) is 3. The van der Waals surface area contributed by atoms with Gasteiger partial charge in [0.1, 0.15) is 5.76 Å². The predicted molar refractivity (Wildman–Crippen MR) is 48.5 cm³/mol. The van der Waals surface area contributed by atoms with Crippen molar-refractivity contribution in [1.82, 2.24) is 14.5 Å². The Bertz CT molecular complexity index is 419. The van der Waals surface area contributed by atoms with E-state index in [1.165, 1.54) is 0 Å². The van der Waals surface area contributed by atoms with Gasteiger partial charge in [-0.25, -0.2) is 9.97 Å². The van der Waals surface area contributed by atoms with Crippen molar-refractivity contribution in [3.05, 3.63) is 36.1 Å². The zero-order valence-electron chi connectivity index (χ0n) is 7.84. The average Bonchev–Trinajstić information content (AvgIpc) is 2.76. The fraction of sp³-hybridized carbons (Fsp3) is 0.333. The highest BCUT2D eigenvalue weighted by atomic mass is 16.4. The van der Waals surface area contributed by atoms with E-state index >= 15 is 0 Å². The smallest absolute Gasteiger partial charge is 0.191 e. The van der Waals surface area contributed by atoms with Crippen molar-refractivity contribution in [1.29, 1.82) is 0 Å². The summed E-state index contributed by atoms with van der Waals surface area (Å²) in [6.07, 6.45) is 5.12. The third-order valence-corrected chi connectivity index (χ3v) is 1.86. The van der Waals surface area contributed by atoms with Crippen LogP contribution in [0.1, 0.15) is 17.3 Å². The first-order chi connectivity index (χ1) is 6.78. The van der Waals surface area contributed by atoms with Gasteiger partial charge in [-0.2, -0.15) is 0 Å². The van der Waals surface area contributed by atoms with Crippen molar-refractivity contribution < 1.29 is 9.52 Å². The van der Waals surface area contributed by atoms with E-state index in [0.29, 0.717) is 18.1 Å². The maximum absolute atomic E-state index is 8.81. The van der Waals surface area contributed by atoms with Gasteiger partial charge in [-0.05, 0) is 0 Å². The minimum Gasteiger partial charge on any atom is -0.444 e. The number of aromatic nitrogens is 3. The topological polar surface area (TPSA) is 64.1 Å². The zero-order chi connectivity index (χ0) is 9.97. The van der Waals surface area contributed by atoms with Crippen LogP contribution in [0.15, 0.2) is 23.1 Å². The normalized spacial score (nSPS) is 10.7. The monoisotopic (exact) mass is 193 g/mol. The molecule has 0 spiro atoms. The number of hydrogen-bond acceptors (Lipinski definition) is 4. The summed E-state index contributed by atoms with van der Waals surface area (Å²) in [7, 11) is 0. The third-order valence-electron chi connectivity index (χ3n) is 1.86. The quantitative estimate of drug-likeness (QED) is 0.780. The molecule has 74 valence electrons. The minimum absolute atomic E-state index is 0.0393. The summed E-state index contributed by atoms with van der Waals surface area (Å²) in [6, 6.07) is 0. The average molecular weight is 193 g/mol. The highest BCUT2D eigenvalue weighted by Gasteiger charge is 2.02. The molecule has 0 atom stereocenters. The van der Waals surface area contributed by atoms with Crippen molar-refractivity contribution in [2.45, 2.75) is 20.1 Å². The molecule has 0 aliphatic rings. The number of rotatable bonds is 3. The van der Waals surface area contributed by atoms with Crippen LogP contribution in [-0.4, -0.2) is 19.6 Å². The molecule has 0 aromatic carbocycles. The molecule has 5 nitrogen and oxygen atoms in total. The zero-order valence-corrected chi connectivity index (χ0v) is 7.84. The van der Waals surface area contributed by atoms with E-state index in [4.69, 9.17) is 9.52 Å². The molecule has 0 bridgehead atoms. The van der Waals surface area contributed by atoms with Crippen molar-refractivity contribution in [2.24, 2.45) is 0 Å². The second kappa shape index (κ2) is 3.63. The summed E-state index contributed by atoms with van der Waals surface area (Å²) in [4.78, 5) is 7.98. The summed E-state index contributed by atoms with van der Waals surface area (Å²) in [5.41, 5.74) is 0.654. The first-order valence-electron chi connectivity index (χ1n) is 4.31. The van der Waals surface area contributed by atoms with E-state index in [2.05, 4.69) is 9.97 Å². The molecule has 2 rings (SSSR count). The van der Waals surface area contributed by atoms with E-state index < -0.39 is 0 Å². The molecule has 2 heterocycles. The molecule has 5 heteroatoms. The van der Waals surface area contributed by atoms with Crippen LogP contribution in [0.25, 0.3) is 0 Å². The van der Waals surface area contributed by atoms with Crippen LogP contribution in [0.4, 0.5) is 0 Å². The van der Waals surface area contributed by atoms with E-state index in [1.54, 1.807) is 25.6 Å². The lowest BCUT2D eigenvalue weighted by molar-refractivity contribution is 0.277. The first kappa shape index (κ1) is 8.96. The largest absolute Gasteiger partial charge is 0.444 e. The summed E-state index contributed by atoms with van der Waals surface area (Å²) in [6.45, 7) is 2.35. The lowest BCUT2D eigenvalue weighted by Gasteiger charge is -1.95.